The first kappa shape index (κ1) is 13.1. The summed E-state index contributed by atoms with van der Waals surface area (Å²) < 4.78 is 35.2. The second kappa shape index (κ2) is 4.90. The first-order chi connectivity index (χ1) is 7.93. The van der Waals surface area contributed by atoms with Crippen molar-refractivity contribution in [3.8, 4) is 5.75 Å². The third-order valence-corrected chi connectivity index (χ3v) is 2.06. The van der Waals surface area contributed by atoms with Gasteiger partial charge in [-0.3, -0.25) is 4.79 Å². The van der Waals surface area contributed by atoms with E-state index in [4.69, 9.17) is 4.74 Å². The quantitative estimate of drug-likeness (QED) is 0.459. The molecule has 0 fully saturated rings. The summed E-state index contributed by atoms with van der Waals surface area (Å²) in [4.78, 5) is 22.2. The summed E-state index contributed by atoms with van der Waals surface area (Å²) in [7, 11) is 2.12. The Bertz CT molecular complexity index is 443. The van der Waals surface area contributed by atoms with E-state index in [0.29, 0.717) is 0 Å². The van der Waals surface area contributed by atoms with Gasteiger partial charge in [-0.2, -0.15) is 8.78 Å². The molecule has 0 heterocycles. The molecule has 0 aliphatic rings. The van der Waals surface area contributed by atoms with E-state index in [9.17, 15) is 18.4 Å². The van der Waals surface area contributed by atoms with E-state index < -0.39 is 17.7 Å². The van der Waals surface area contributed by atoms with Crippen molar-refractivity contribution in [2.24, 2.45) is 0 Å². The highest BCUT2D eigenvalue weighted by Gasteiger charge is 2.48. The molecule has 0 saturated carbocycles. The van der Waals surface area contributed by atoms with Crippen LogP contribution in [-0.2, 0) is 9.53 Å². The normalized spacial score (nSPS) is 10.8. The predicted octanol–water partition coefficient (Wildman–Crippen LogP) is 1.69. The van der Waals surface area contributed by atoms with E-state index in [1.165, 1.54) is 25.3 Å². The van der Waals surface area contributed by atoms with E-state index >= 15 is 0 Å². The monoisotopic (exact) mass is 244 g/mol. The van der Waals surface area contributed by atoms with Crippen LogP contribution >= 0.6 is 0 Å². The zero-order valence-electron chi connectivity index (χ0n) is 9.20. The van der Waals surface area contributed by atoms with Crippen LogP contribution in [0.5, 0.6) is 5.75 Å². The summed E-state index contributed by atoms with van der Waals surface area (Å²) in [6.45, 7) is 0. The van der Waals surface area contributed by atoms with Crippen molar-refractivity contribution in [2.45, 2.75) is 5.92 Å². The Morgan fingerprint density at radius 3 is 2.41 bits per heavy atom. The number of hydrogen-bond acceptors (Lipinski definition) is 4. The maximum atomic E-state index is 13.3. The number of rotatable bonds is 4. The molecule has 1 aromatic carbocycles. The molecule has 0 amide bonds. The molecule has 6 heteroatoms. The molecule has 1 rings (SSSR count). The van der Waals surface area contributed by atoms with Gasteiger partial charge in [0, 0.05) is 5.56 Å². The number of ketones is 1. The highest BCUT2D eigenvalue weighted by atomic mass is 19.3. The molecule has 0 aliphatic carbocycles. The van der Waals surface area contributed by atoms with Gasteiger partial charge in [0.05, 0.1) is 14.2 Å². The number of hydrogen-bond donors (Lipinski definition) is 0. The molecular weight excluding hydrogens is 234 g/mol. The van der Waals surface area contributed by atoms with Gasteiger partial charge in [0.2, 0.25) is 5.78 Å². The largest absolute Gasteiger partial charge is 0.497 e. The van der Waals surface area contributed by atoms with Crippen molar-refractivity contribution in [1.29, 1.82) is 0 Å². The number of benzene rings is 1. The maximum Gasteiger partial charge on any atom is 0.404 e. The standard InChI is InChI=1S/C11H10F2O4/c1-16-8-5-3-4-7(6-8)9(14)11(12,13)10(15)17-2/h3-6H,1-2H3. The minimum Gasteiger partial charge on any atom is -0.497 e. The minimum atomic E-state index is -4.19. The lowest BCUT2D eigenvalue weighted by Crippen LogP contribution is -2.38. The maximum absolute atomic E-state index is 13.3. The van der Waals surface area contributed by atoms with Gasteiger partial charge >= 0.3 is 11.9 Å². The smallest absolute Gasteiger partial charge is 0.404 e. The van der Waals surface area contributed by atoms with Crippen LogP contribution in [0.15, 0.2) is 24.3 Å². The summed E-state index contributed by atoms with van der Waals surface area (Å²) in [6.07, 6.45) is 0. The SMILES string of the molecule is COC(=O)C(F)(F)C(=O)c1cccc(OC)c1. The lowest BCUT2D eigenvalue weighted by atomic mass is 10.1. The fourth-order valence-corrected chi connectivity index (χ4v) is 1.17. The predicted molar refractivity (Wildman–Crippen MR) is 54.3 cm³/mol. The molecular formula is C11H10F2O4. The second-order valence-corrected chi connectivity index (χ2v) is 3.13. The van der Waals surface area contributed by atoms with Gasteiger partial charge in [-0.1, -0.05) is 12.1 Å². The highest BCUT2D eigenvalue weighted by Crippen LogP contribution is 2.23. The molecule has 1 aromatic rings. The van der Waals surface area contributed by atoms with Crippen molar-refractivity contribution in [2.75, 3.05) is 14.2 Å². The molecule has 0 radical (unpaired) electrons. The molecule has 0 unspecified atom stereocenters. The second-order valence-electron chi connectivity index (χ2n) is 3.13. The van der Waals surface area contributed by atoms with E-state index in [2.05, 4.69) is 4.74 Å². The number of methoxy groups -OCH3 is 2. The van der Waals surface area contributed by atoms with Crippen LogP contribution in [0.1, 0.15) is 10.4 Å². The van der Waals surface area contributed by atoms with Gasteiger partial charge in [0.25, 0.3) is 0 Å². The molecule has 0 saturated heterocycles. The Balaban J connectivity index is 3.07. The Kier molecular flexibility index (Phi) is 3.77. The summed E-state index contributed by atoms with van der Waals surface area (Å²) in [5.74, 6) is -7.45. The van der Waals surface area contributed by atoms with Gasteiger partial charge in [0.1, 0.15) is 5.75 Å². The topological polar surface area (TPSA) is 52.6 Å². The number of carbonyl (C=O) groups excluding carboxylic acids is 2. The summed E-state index contributed by atoms with van der Waals surface area (Å²) in [5.41, 5.74) is -0.320. The van der Waals surface area contributed by atoms with Crippen LogP contribution in [0.2, 0.25) is 0 Å². The number of carbonyl (C=O) groups is 2. The van der Waals surface area contributed by atoms with Crippen molar-refractivity contribution in [3.05, 3.63) is 29.8 Å². The molecule has 4 nitrogen and oxygen atoms in total. The Morgan fingerprint density at radius 2 is 1.88 bits per heavy atom. The fourth-order valence-electron chi connectivity index (χ4n) is 1.17. The van der Waals surface area contributed by atoms with Gasteiger partial charge in [-0.05, 0) is 12.1 Å². The van der Waals surface area contributed by atoms with Crippen LogP contribution in [0.4, 0.5) is 8.78 Å². The zero-order valence-corrected chi connectivity index (χ0v) is 9.20. The van der Waals surface area contributed by atoms with Crippen LogP contribution < -0.4 is 4.74 Å². The number of esters is 1. The van der Waals surface area contributed by atoms with Gasteiger partial charge in [-0.15, -0.1) is 0 Å². The van der Waals surface area contributed by atoms with E-state index in [1.807, 2.05) is 0 Å². The summed E-state index contributed by atoms with van der Waals surface area (Å²) in [6, 6.07) is 5.16. The number of alkyl halides is 2. The van der Waals surface area contributed by atoms with Gasteiger partial charge in [-0.25, -0.2) is 4.79 Å². The number of ether oxygens (including phenoxy) is 2. The van der Waals surface area contributed by atoms with Gasteiger partial charge < -0.3 is 9.47 Å². The molecule has 0 aliphatic heterocycles. The summed E-state index contributed by atoms with van der Waals surface area (Å²) >= 11 is 0. The summed E-state index contributed by atoms with van der Waals surface area (Å²) in [5, 5.41) is 0. The van der Waals surface area contributed by atoms with E-state index in [0.717, 1.165) is 13.2 Å². The van der Waals surface area contributed by atoms with Crippen molar-refractivity contribution in [3.63, 3.8) is 0 Å². The Hall–Kier alpha value is -1.98. The third kappa shape index (κ3) is 2.58. The van der Waals surface area contributed by atoms with Crippen LogP contribution in [0.3, 0.4) is 0 Å². The average molecular weight is 244 g/mol. The lowest BCUT2D eigenvalue weighted by molar-refractivity contribution is -0.161. The average Bonchev–Trinajstić information content (AvgIpc) is 2.36. The molecule has 0 bridgehead atoms. The van der Waals surface area contributed by atoms with Crippen molar-refractivity contribution in [1.82, 2.24) is 0 Å². The Morgan fingerprint density at radius 1 is 1.24 bits per heavy atom. The molecule has 0 N–H and O–H groups in total. The molecule has 0 atom stereocenters. The Labute approximate surface area is 96.1 Å². The number of Topliss-reactive ketones (excluding diaryl/α,β-unsaturated/α-hetero) is 1. The van der Waals surface area contributed by atoms with Crippen LogP contribution in [0, 0.1) is 0 Å². The minimum absolute atomic E-state index is 0.247. The lowest BCUT2D eigenvalue weighted by Gasteiger charge is -2.12. The molecule has 17 heavy (non-hydrogen) atoms. The first-order valence-electron chi connectivity index (χ1n) is 4.58. The van der Waals surface area contributed by atoms with Crippen LogP contribution in [-0.4, -0.2) is 31.9 Å². The molecule has 0 aromatic heterocycles. The highest BCUT2D eigenvalue weighted by molar-refractivity contribution is 6.13. The number of halogens is 2. The van der Waals surface area contributed by atoms with Gasteiger partial charge in [0.15, 0.2) is 0 Å². The first-order valence-corrected chi connectivity index (χ1v) is 4.58. The van der Waals surface area contributed by atoms with Crippen LogP contribution in [0.25, 0.3) is 0 Å². The van der Waals surface area contributed by atoms with E-state index in [-0.39, 0.29) is 11.3 Å². The molecule has 0 spiro atoms. The third-order valence-electron chi connectivity index (χ3n) is 2.06. The molecule has 92 valence electrons. The van der Waals surface area contributed by atoms with E-state index in [1.54, 1.807) is 0 Å². The van der Waals surface area contributed by atoms with Crippen molar-refractivity contribution < 1.29 is 27.8 Å². The van der Waals surface area contributed by atoms with Crippen molar-refractivity contribution >= 4 is 11.8 Å². The zero-order chi connectivity index (χ0) is 13.1. The fraction of sp³-hybridized carbons (Fsp3) is 0.273.